The summed E-state index contributed by atoms with van der Waals surface area (Å²) < 4.78 is 27.1. The van der Waals surface area contributed by atoms with Gasteiger partial charge in [-0.15, -0.1) is 0 Å². The number of carbonyl (C=O) groups is 1. The molecular formula is C22H21ClN2O3S. The first-order valence-corrected chi connectivity index (χ1v) is 10.9. The van der Waals surface area contributed by atoms with Gasteiger partial charge in [0.15, 0.2) is 9.84 Å². The van der Waals surface area contributed by atoms with Crippen molar-refractivity contribution in [3.63, 3.8) is 0 Å². The van der Waals surface area contributed by atoms with Gasteiger partial charge in [0.1, 0.15) is 11.4 Å². The lowest BCUT2D eigenvalue weighted by Gasteiger charge is -2.26. The van der Waals surface area contributed by atoms with Crippen LogP contribution in [0.5, 0.6) is 0 Å². The summed E-state index contributed by atoms with van der Waals surface area (Å²) in [5.74, 6) is -0.666. The summed E-state index contributed by atoms with van der Waals surface area (Å²) in [5.41, 5.74) is 7.53. The van der Waals surface area contributed by atoms with Crippen molar-refractivity contribution in [2.45, 2.75) is 23.2 Å². The van der Waals surface area contributed by atoms with E-state index in [0.717, 1.165) is 5.56 Å². The molecule has 3 aromatic carbocycles. The van der Waals surface area contributed by atoms with Gasteiger partial charge < -0.3 is 5.73 Å². The fourth-order valence-electron chi connectivity index (χ4n) is 3.13. The zero-order valence-corrected chi connectivity index (χ0v) is 17.3. The van der Waals surface area contributed by atoms with Crippen LogP contribution < -0.4 is 11.1 Å². The molecular weight excluding hydrogens is 408 g/mol. The fraction of sp³-hybridized carbons (Fsp3) is 0.136. The van der Waals surface area contributed by atoms with Crippen LogP contribution in [0.4, 0.5) is 0 Å². The molecule has 0 saturated carbocycles. The SMILES string of the molecule is Cc1ccccc1[C@H](NC(C(N)=O)c1ccccc1)S(=O)(=O)c1ccc(Cl)cc1. The number of amides is 1. The molecule has 0 fully saturated rings. The third kappa shape index (κ3) is 4.67. The Morgan fingerprint density at radius 1 is 0.931 bits per heavy atom. The summed E-state index contributed by atoms with van der Waals surface area (Å²) in [4.78, 5) is 12.3. The minimum atomic E-state index is -3.91. The van der Waals surface area contributed by atoms with Crippen molar-refractivity contribution in [1.82, 2.24) is 5.32 Å². The van der Waals surface area contributed by atoms with Gasteiger partial charge in [0.25, 0.3) is 0 Å². The summed E-state index contributed by atoms with van der Waals surface area (Å²) in [7, 11) is -3.91. The zero-order chi connectivity index (χ0) is 21.0. The lowest BCUT2D eigenvalue weighted by Crippen LogP contribution is -2.39. The van der Waals surface area contributed by atoms with Crippen molar-refractivity contribution in [3.05, 3.63) is 101 Å². The molecule has 0 saturated heterocycles. The number of nitrogens with two attached hydrogens (primary N) is 1. The van der Waals surface area contributed by atoms with Crippen LogP contribution in [0.3, 0.4) is 0 Å². The molecule has 29 heavy (non-hydrogen) atoms. The van der Waals surface area contributed by atoms with Crippen LogP contribution in [0.25, 0.3) is 0 Å². The van der Waals surface area contributed by atoms with E-state index >= 15 is 0 Å². The van der Waals surface area contributed by atoms with E-state index in [9.17, 15) is 13.2 Å². The predicted octanol–water partition coefficient (Wildman–Crippen LogP) is 3.94. The summed E-state index contributed by atoms with van der Waals surface area (Å²) in [5, 5.41) is 2.24. The number of sulfone groups is 1. The van der Waals surface area contributed by atoms with Crippen LogP contribution in [0.2, 0.25) is 5.02 Å². The van der Waals surface area contributed by atoms with E-state index in [-0.39, 0.29) is 4.90 Å². The number of hydrogen-bond donors (Lipinski definition) is 2. The lowest BCUT2D eigenvalue weighted by atomic mass is 10.0. The molecule has 0 bridgehead atoms. The smallest absolute Gasteiger partial charge is 0.239 e. The van der Waals surface area contributed by atoms with Crippen LogP contribution in [-0.2, 0) is 14.6 Å². The maximum Gasteiger partial charge on any atom is 0.239 e. The average Bonchev–Trinajstić information content (AvgIpc) is 2.70. The molecule has 7 heteroatoms. The van der Waals surface area contributed by atoms with E-state index < -0.39 is 27.2 Å². The Kier molecular flexibility index (Phi) is 6.37. The molecule has 0 aliphatic carbocycles. The van der Waals surface area contributed by atoms with E-state index in [0.29, 0.717) is 16.1 Å². The Hall–Kier alpha value is -2.67. The second-order valence-corrected chi connectivity index (χ2v) is 9.12. The summed E-state index contributed by atoms with van der Waals surface area (Å²) in [6.45, 7) is 1.82. The molecule has 3 aromatic rings. The van der Waals surface area contributed by atoms with Gasteiger partial charge in [0.2, 0.25) is 5.91 Å². The molecule has 0 aliphatic rings. The second kappa shape index (κ2) is 8.78. The van der Waals surface area contributed by atoms with Crippen LogP contribution >= 0.6 is 11.6 Å². The highest BCUT2D eigenvalue weighted by atomic mass is 35.5. The van der Waals surface area contributed by atoms with Crippen molar-refractivity contribution in [1.29, 1.82) is 0 Å². The standard InChI is InChI=1S/C22H21ClN2O3S/c1-15-7-5-6-10-19(15)22(29(27,28)18-13-11-17(23)12-14-18)25-20(21(24)26)16-8-3-2-4-9-16/h2-14,20,22,25H,1H3,(H2,24,26)/t20?,22-/m1/s1. The van der Waals surface area contributed by atoms with Gasteiger partial charge in [-0.05, 0) is 47.9 Å². The summed E-state index contributed by atoms with van der Waals surface area (Å²) >= 11 is 5.92. The van der Waals surface area contributed by atoms with Crippen molar-refractivity contribution in [2.75, 3.05) is 0 Å². The summed E-state index contributed by atoms with van der Waals surface area (Å²) in [6, 6.07) is 20.9. The van der Waals surface area contributed by atoms with Gasteiger partial charge in [0, 0.05) is 5.02 Å². The largest absolute Gasteiger partial charge is 0.368 e. The average molecular weight is 429 g/mol. The predicted molar refractivity (Wildman–Crippen MR) is 114 cm³/mol. The molecule has 150 valence electrons. The fourth-order valence-corrected chi connectivity index (χ4v) is 4.95. The topological polar surface area (TPSA) is 89.3 Å². The first-order chi connectivity index (χ1) is 13.8. The first kappa shape index (κ1) is 21.0. The van der Waals surface area contributed by atoms with E-state index in [2.05, 4.69) is 5.32 Å². The molecule has 0 aromatic heterocycles. The maximum absolute atomic E-state index is 13.5. The van der Waals surface area contributed by atoms with Crippen molar-refractivity contribution in [2.24, 2.45) is 5.73 Å². The molecule has 0 heterocycles. The van der Waals surface area contributed by atoms with Gasteiger partial charge in [-0.2, -0.15) is 0 Å². The van der Waals surface area contributed by atoms with Gasteiger partial charge >= 0.3 is 0 Å². The van der Waals surface area contributed by atoms with Gasteiger partial charge in [-0.3, -0.25) is 10.1 Å². The number of aryl methyl sites for hydroxylation is 1. The molecule has 2 atom stereocenters. The molecule has 3 N–H and O–H groups in total. The first-order valence-electron chi connectivity index (χ1n) is 8.96. The highest BCUT2D eigenvalue weighted by molar-refractivity contribution is 7.91. The van der Waals surface area contributed by atoms with Gasteiger partial charge in [-0.25, -0.2) is 8.42 Å². The highest BCUT2D eigenvalue weighted by Gasteiger charge is 2.34. The van der Waals surface area contributed by atoms with E-state index in [1.165, 1.54) is 24.3 Å². The van der Waals surface area contributed by atoms with Crippen LogP contribution in [-0.4, -0.2) is 14.3 Å². The zero-order valence-electron chi connectivity index (χ0n) is 15.7. The van der Waals surface area contributed by atoms with E-state index in [1.807, 2.05) is 25.1 Å². The monoisotopic (exact) mass is 428 g/mol. The molecule has 0 aliphatic heterocycles. The Bertz CT molecular complexity index is 1100. The Morgan fingerprint density at radius 3 is 2.10 bits per heavy atom. The van der Waals surface area contributed by atoms with Crippen LogP contribution in [0.15, 0.2) is 83.8 Å². The molecule has 3 rings (SSSR count). The van der Waals surface area contributed by atoms with Crippen LogP contribution in [0.1, 0.15) is 28.1 Å². The Morgan fingerprint density at radius 2 is 1.52 bits per heavy atom. The quantitative estimate of drug-likeness (QED) is 0.596. The lowest BCUT2D eigenvalue weighted by molar-refractivity contribution is -0.120. The number of nitrogens with one attached hydrogen (secondary N) is 1. The molecule has 0 radical (unpaired) electrons. The molecule has 0 spiro atoms. The van der Waals surface area contributed by atoms with Crippen molar-refractivity contribution in [3.8, 4) is 0 Å². The number of benzene rings is 3. The highest BCUT2D eigenvalue weighted by Crippen LogP contribution is 2.32. The van der Waals surface area contributed by atoms with E-state index in [4.69, 9.17) is 17.3 Å². The normalized spacial score (nSPS) is 13.6. The minimum absolute atomic E-state index is 0.0962. The second-order valence-electron chi connectivity index (χ2n) is 6.65. The maximum atomic E-state index is 13.5. The molecule has 1 amide bonds. The Labute approximate surface area is 175 Å². The van der Waals surface area contributed by atoms with Crippen molar-refractivity contribution < 1.29 is 13.2 Å². The third-order valence-electron chi connectivity index (χ3n) is 4.66. The van der Waals surface area contributed by atoms with Crippen molar-refractivity contribution >= 4 is 27.3 Å². The van der Waals surface area contributed by atoms with Gasteiger partial charge in [0.05, 0.1) is 4.90 Å². The third-order valence-corrected chi connectivity index (χ3v) is 6.85. The summed E-state index contributed by atoms with van der Waals surface area (Å²) in [6.07, 6.45) is 0. The molecule has 1 unspecified atom stereocenters. The van der Waals surface area contributed by atoms with Crippen LogP contribution in [0, 0.1) is 6.92 Å². The number of primary amides is 1. The molecule has 5 nitrogen and oxygen atoms in total. The van der Waals surface area contributed by atoms with Gasteiger partial charge in [-0.1, -0.05) is 66.2 Å². The number of halogens is 1. The number of carbonyl (C=O) groups excluding carboxylic acids is 1. The number of hydrogen-bond acceptors (Lipinski definition) is 4. The number of rotatable bonds is 7. The Balaban J connectivity index is 2.12. The van der Waals surface area contributed by atoms with E-state index in [1.54, 1.807) is 36.4 Å². The minimum Gasteiger partial charge on any atom is -0.368 e.